The van der Waals surface area contributed by atoms with Crippen LogP contribution in [0.15, 0.2) is 18.2 Å². The molecule has 0 radical (unpaired) electrons. The Morgan fingerprint density at radius 3 is 2.62 bits per heavy atom. The van der Waals surface area contributed by atoms with Crippen LogP contribution < -0.4 is 10.6 Å². The Morgan fingerprint density at radius 2 is 1.86 bits per heavy atom. The summed E-state index contributed by atoms with van der Waals surface area (Å²) in [4.78, 5) is 14.8. The summed E-state index contributed by atoms with van der Waals surface area (Å²) in [6, 6.07) is 6.31. The number of fused-ring (bicyclic) bond motifs is 1. The number of rotatable bonds is 2. The third-order valence-corrected chi connectivity index (χ3v) is 4.89. The van der Waals surface area contributed by atoms with Gasteiger partial charge in [-0.05, 0) is 43.7 Å². The third-order valence-electron chi connectivity index (χ3n) is 4.89. The van der Waals surface area contributed by atoms with Crippen molar-refractivity contribution in [2.45, 2.75) is 38.6 Å². The lowest BCUT2D eigenvalue weighted by atomic mass is 9.86. The Labute approximate surface area is 126 Å². The Bertz CT molecular complexity index is 521. The summed E-state index contributed by atoms with van der Waals surface area (Å²) < 4.78 is 0. The number of hydrogen-bond donors (Lipinski definition) is 2. The quantitative estimate of drug-likeness (QED) is 0.878. The van der Waals surface area contributed by atoms with Crippen LogP contribution in [0.2, 0.25) is 0 Å². The predicted octanol–water partition coefficient (Wildman–Crippen LogP) is 3.17. The first kappa shape index (κ1) is 14.2. The van der Waals surface area contributed by atoms with Crippen LogP contribution in [0, 0.1) is 5.92 Å². The lowest BCUT2D eigenvalue weighted by Crippen LogP contribution is -2.39. The molecule has 21 heavy (non-hydrogen) atoms. The van der Waals surface area contributed by atoms with E-state index in [2.05, 4.69) is 17.6 Å². The first-order valence-corrected chi connectivity index (χ1v) is 8.04. The van der Waals surface area contributed by atoms with Crippen molar-refractivity contribution in [1.82, 2.24) is 4.90 Å². The molecule has 2 N–H and O–H groups in total. The molecule has 1 amide bonds. The summed E-state index contributed by atoms with van der Waals surface area (Å²) >= 11 is 0. The molecule has 1 fully saturated rings. The second-order valence-electron chi connectivity index (χ2n) is 6.41. The molecule has 0 spiro atoms. The molecule has 3 rings (SSSR count). The molecule has 1 heterocycles. The monoisotopic (exact) mass is 287 g/mol. The topological polar surface area (TPSA) is 44.4 Å². The Balaban J connectivity index is 1.78. The van der Waals surface area contributed by atoms with Gasteiger partial charge >= 0.3 is 0 Å². The molecule has 1 aliphatic carbocycles. The largest absolute Gasteiger partial charge is 0.382 e. The number of nitrogens with zero attached hydrogens (tertiary/aromatic N) is 1. The Kier molecular flexibility index (Phi) is 4.04. The standard InChI is InChI=1S/C17H25N3O/c1-12-6-8-13(9-7-12)20(2)17(21)14-4-3-5-15-16(14)19-11-10-18-15/h3-5,12-13,18-19H,6-11H2,1-2H3. The molecule has 1 aromatic carbocycles. The molecule has 0 atom stereocenters. The van der Waals surface area contributed by atoms with E-state index in [4.69, 9.17) is 0 Å². The zero-order valence-electron chi connectivity index (χ0n) is 13.0. The van der Waals surface area contributed by atoms with E-state index in [0.717, 1.165) is 48.8 Å². The van der Waals surface area contributed by atoms with Crippen molar-refractivity contribution in [1.29, 1.82) is 0 Å². The number of amides is 1. The average Bonchev–Trinajstić information content (AvgIpc) is 2.53. The van der Waals surface area contributed by atoms with Crippen LogP contribution >= 0.6 is 0 Å². The molecular weight excluding hydrogens is 262 g/mol. The van der Waals surface area contributed by atoms with Crippen molar-refractivity contribution in [2.75, 3.05) is 30.8 Å². The van der Waals surface area contributed by atoms with Gasteiger partial charge < -0.3 is 15.5 Å². The van der Waals surface area contributed by atoms with Crippen molar-refractivity contribution in [3.8, 4) is 0 Å². The van der Waals surface area contributed by atoms with Crippen molar-refractivity contribution in [3.05, 3.63) is 23.8 Å². The minimum absolute atomic E-state index is 0.141. The van der Waals surface area contributed by atoms with Gasteiger partial charge in [0.25, 0.3) is 5.91 Å². The minimum Gasteiger partial charge on any atom is -0.382 e. The molecule has 4 nitrogen and oxygen atoms in total. The van der Waals surface area contributed by atoms with Crippen LogP contribution in [0.4, 0.5) is 11.4 Å². The van der Waals surface area contributed by atoms with E-state index < -0.39 is 0 Å². The lowest BCUT2D eigenvalue weighted by Gasteiger charge is -2.34. The smallest absolute Gasteiger partial charge is 0.256 e. The van der Waals surface area contributed by atoms with Gasteiger partial charge in [-0.3, -0.25) is 4.79 Å². The summed E-state index contributed by atoms with van der Waals surface area (Å²) in [5.74, 6) is 0.947. The molecule has 114 valence electrons. The van der Waals surface area contributed by atoms with Crippen molar-refractivity contribution in [3.63, 3.8) is 0 Å². The van der Waals surface area contributed by atoms with Crippen LogP contribution in [-0.2, 0) is 0 Å². The second kappa shape index (κ2) is 5.96. The number of para-hydroxylation sites is 1. The highest BCUT2D eigenvalue weighted by Crippen LogP contribution is 2.31. The second-order valence-corrected chi connectivity index (χ2v) is 6.41. The SMILES string of the molecule is CC1CCC(N(C)C(=O)c2cccc3c2NCCN3)CC1. The van der Waals surface area contributed by atoms with E-state index in [1.807, 2.05) is 30.1 Å². The third kappa shape index (κ3) is 2.85. The average molecular weight is 287 g/mol. The summed E-state index contributed by atoms with van der Waals surface area (Å²) in [5, 5.41) is 6.72. The Morgan fingerprint density at radius 1 is 1.14 bits per heavy atom. The van der Waals surface area contributed by atoms with Gasteiger partial charge in [0.2, 0.25) is 0 Å². The molecule has 1 aliphatic heterocycles. The fourth-order valence-electron chi connectivity index (χ4n) is 3.44. The number of hydrogen-bond acceptors (Lipinski definition) is 3. The van der Waals surface area contributed by atoms with Gasteiger partial charge in [-0.15, -0.1) is 0 Å². The number of carbonyl (C=O) groups is 1. The van der Waals surface area contributed by atoms with Gasteiger partial charge in [0, 0.05) is 26.2 Å². The van der Waals surface area contributed by atoms with Crippen molar-refractivity contribution < 1.29 is 4.79 Å². The van der Waals surface area contributed by atoms with Crippen molar-refractivity contribution >= 4 is 17.3 Å². The van der Waals surface area contributed by atoms with E-state index in [-0.39, 0.29) is 5.91 Å². The van der Waals surface area contributed by atoms with Gasteiger partial charge in [-0.2, -0.15) is 0 Å². The summed E-state index contributed by atoms with van der Waals surface area (Å²) in [5.41, 5.74) is 2.79. The van der Waals surface area contributed by atoms with Crippen LogP contribution in [0.5, 0.6) is 0 Å². The molecule has 4 heteroatoms. The normalized spacial score (nSPS) is 24.5. The predicted molar refractivity (Wildman–Crippen MR) is 86.9 cm³/mol. The highest BCUT2D eigenvalue weighted by Gasteiger charge is 2.27. The molecule has 2 aliphatic rings. The number of carbonyl (C=O) groups excluding carboxylic acids is 1. The summed E-state index contributed by atoms with van der Waals surface area (Å²) in [6.07, 6.45) is 4.72. The fraction of sp³-hybridized carbons (Fsp3) is 0.588. The van der Waals surface area contributed by atoms with Gasteiger partial charge in [0.1, 0.15) is 0 Å². The molecule has 1 saturated carbocycles. The van der Waals surface area contributed by atoms with Gasteiger partial charge in [0.15, 0.2) is 0 Å². The maximum Gasteiger partial charge on any atom is 0.256 e. The van der Waals surface area contributed by atoms with Gasteiger partial charge in [0.05, 0.1) is 16.9 Å². The minimum atomic E-state index is 0.141. The summed E-state index contributed by atoms with van der Waals surface area (Å²) in [7, 11) is 1.96. The number of nitrogens with one attached hydrogen (secondary N) is 2. The highest BCUT2D eigenvalue weighted by atomic mass is 16.2. The molecule has 0 unspecified atom stereocenters. The number of benzene rings is 1. The molecule has 0 saturated heterocycles. The lowest BCUT2D eigenvalue weighted by molar-refractivity contribution is 0.0680. The summed E-state index contributed by atoms with van der Waals surface area (Å²) in [6.45, 7) is 4.07. The first-order valence-electron chi connectivity index (χ1n) is 8.04. The highest BCUT2D eigenvalue weighted by molar-refractivity contribution is 6.02. The number of anilines is 2. The van der Waals surface area contributed by atoms with Gasteiger partial charge in [-0.1, -0.05) is 13.0 Å². The molecular formula is C17H25N3O. The van der Waals surface area contributed by atoms with E-state index >= 15 is 0 Å². The fourth-order valence-corrected chi connectivity index (χ4v) is 3.44. The zero-order valence-corrected chi connectivity index (χ0v) is 13.0. The van der Waals surface area contributed by atoms with E-state index in [9.17, 15) is 4.79 Å². The molecule has 1 aromatic rings. The molecule has 0 bridgehead atoms. The van der Waals surface area contributed by atoms with Crippen LogP contribution in [0.3, 0.4) is 0 Å². The van der Waals surface area contributed by atoms with Crippen molar-refractivity contribution in [2.24, 2.45) is 5.92 Å². The van der Waals surface area contributed by atoms with Crippen LogP contribution in [-0.4, -0.2) is 37.0 Å². The maximum atomic E-state index is 12.9. The maximum absolute atomic E-state index is 12.9. The molecule has 0 aromatic heterocycles. The van der Waals surface area contributed by atoms with Crippen LogP contribution in [0.1, 0.15) is 43.0 Å². The van der Waals surface area contributed by atoms with E-state index in [1.54, 1.807) is 0 Å². The van der Waals surface area contributed by atoms with E-state index in [0.29, 0.717) is 6.04 Å². The first-order chi connectivity index (χ1) is 10.2. The van der Waals surface area contributed by atoms with E-state index in [1.165, 1.54) is 12.8 Å². The zero-order chi connectivity index (χ0) is 14.8. The Hall–Kier alpha value is -1.71. The van der Waals surface area contributed by atoms with Crippen LogP contribution in [0.25, 0.3) is 0 Å². The van der Waals surface area contributed by atoms with Gasteiger partial charge in [-0.25, -0.2) is 0 Å².